The second kappa shape index (κ2) is 17.7. The first-order valence-electron chi connectivity index (χ1n) is 19.8. The van der Waals surface area contributed by atoms with E-state index in [1.807, 2.05) is 45.9 Å². The van der Waals surface area contributed by atoms with Crippen LogP contribution in [0, 0.1) is 17.8 Å². The molecule has 0 aromatic carbocycles. The summed E-state index contributed by atoms with van der Waals surface area (Å²) >= 11 is 0. The molecule has 5 atom stereocenters. The molecule has 15 heteroatoms. The zero-order valence-corrected chi connectivity index (χ0v) is 33.2. The van der Waals surface area contributed by atoms with Crippen molar-refractivity contribution >= 4 is 35.1 Å². The fourth-order valence-electron chi connectivity index (χ4n) is 8.40. The van der Waals surface area contributed by atoms with Gasteiger partial charge >= 0.3 is 12.2 Å². The lowest BCUT2D eigenvalue weighted by Crippen LogP contribution is -2.53. The lowest BCUT2D eigenvalue weighted by Gasteiger charge is -2.35. The Hall–Kier alpha value is -5.21. The summed E-state index contributed by atoms with van der Waals surface area (Å²) in [6.07, 6.45) is 16.7. The van der Waals surface area contributed by atoms with Crippen molar-refractivity contribution < 1.29 is 33.0 Å². The fourth-order valence-corrected chi connectivity index (χ4v) is 8.40. The molecule has 1 saturated heterocycles. The van der Waals surface area contributed by atoms with Crippen molar-refractivity contribution in [3.8, 4) is 0 Å². The summed E-state index contributed by atoms with van der Waals surface area (Å²) in [4.78, 5) is 69.1. The molecule has 4 amide bonds. The van der Waals surface area contributed by atoms with E-state index in [0.29, 0.717) is 49.6 Å². The molecule has 1 saturated carbocycles. The molecule has 3 aliphatic carbocycles. The van der Waals surface area contributed by atoms with Crippen molar-refractivity contribution in [1.29, 1.82) is 0 Å². The van der Waals surface area contributed by atoms with Crippen LogP contribution >= 0.6 is 0 Å². The molecule has 2 aromatic rings. The van der Waals surface area contributed by atoms with Crippen molar-refractivity contribution in [2.75, 3.05) is 20.8 Å². The van der Waals surface area contributed by atoms with Crippen LogP contribution in [0.2, 0.25) is 0 Å². The van der Waals surface area contributed by atoms with E-state index in [0.717, 1.165) is 54.5 Å². The molecular weight excluding hydrogens is 719 g/mol. The molecule has 3 unspecified atom stereocenters. The van der Waals surface area contributed by atoms with Crippen LogP contribution in [-0.4, -0.2) is 86.7 Å². The maximum absolute atomic E-state index is 15.8. The first-order chi connectivity index (χ1) is 26.9. The van der Waals surface area contributed by atoms with Crippen molar-refractivity contribution in [3.63, 3.8) is 0 Å². The summed E-state index contributed by atoms with van der Waals surface area (Å²) in [5, 5.41) is 4.03. The fraction of sp³-hybridized carbons (Fsp3) is 0.561. The number of nitrogens with zero attached hydrogens (tertiary/aromatic N) is 4. The highest BCUT2D eigenvalue weighted by Gasteiger charge is 2.39. The van der Waals surface area contributed by atoms with E-state index in [-0.39, 0.29) is 53.4 Å². The number of halogens is 1. The van der Waals surface area contributed by atoms with Crippen molar-refractivity contribution in [2.24, 2.45) is 17.8 Å². The smallest absolute Gasteiger partial charge is 0.425 e. The Bertz CT molecular complexity index is 1910. The van der Waals surface area contributed by atoms with Gasteiger partial charge in [-0.2, -0.15) is 0 Å². The molecule has 6 rings (SSSR count). The van der Waals surface area contributed by atoms with E-state index in [1.165, 1.54) is 19.2 Å². The number of aromatic amines is 2. The highest BCUT2D eigenvalue weighted by atomic mass is 19.1. The van der Waals surface area contributed by atoms with Crippen LogP contribution in [0.5, 0.6) is 0 Å². The summed E-state index contributed by atoms with van der Waals surface area (Å²) in [6.45, 7) is 8.03. The van der Waals surface area contributed by atoms with Crippen LogP contribution in [-0.2, 0) is 19.1 Å². The third kappa shape index (κ3) is 8.76. The predicted octanol–water partition coefficient (Wildman–Crippen LogP) is 7.02. The number of hydrazine groups is 1. The molecule has 56 heavy (non-hydrogen) atoms. The Balaban J connectivity index is 1.10. The van der Waals surface area contributed by atoms with Crippen LogP contribution in [0.4, 0.5) is 14.0 Å². The van der Waals surface area contributed by atoms with Crippen molar-refractivity contribution in [2.45, 2.75) is 110 Å². The third-order valence-corrected chi connectivity index (χ3v) is 11.5. The van der Waals surface area contributed by atoms with E-state index in [1.54, 1.807) is 23.4 Å². The minimum atomic E-state index is -0.703. The van der Waals surface area contributed by atoms with Crippen LogP contribution in [0.25, 0.3) is 11.1 Å². The number of allylic oxidation sites excluding steroid dienone is 8. The third-order valence-electron chi connectivity index (χ3n) is 11.5. The molecule has 2 aromatic heterocycles. The summed E-state index contributed by atoms with van der Waals surface area (Å²) in [5.74, 6) is -0.146. The Morgan fingerprint density at radius 2 is 1.62 bits per heavy atom. The van der Waals surface area contributed by atoms with Crippen LogP contribution < -0.4 is 10.7 Å². The zero-order valence-electron chi connectivity index (χ0n) is 33.2. The second-order valence-electron chi connectivity index (χ2n) is 15.7. The Morgan fingerprint density at radius 1 is 0.911 bits per heavy atom. The first kappa shape index (κ1) is 40.5. The topological polar surface area (TPSA) is 175 Å². The molecular formula is C41H55FN8O6. The standard InChI is InChI=1S/C41H55FN8O6/c1-23(2)35(47-40(53)55-5)39(52)49-19-9-12-34(49)37-44-21-32(46-37)26-15-13-25(14-16-26)28-18-17-27(20-31(28)42)33-22-43-36(45-33)29-10-7-8-11-30(29)38(51)50(24(3)4)48-41(54)56-6/h13,15,17,20-24,28-30,34-35H,7-12,14,16,18-19H2,1-6H3,(H,43,45)(H,44,46)(H,47,53)(H,48,54)/t28?,29?,30?,34-,35-/m0/s1. The largest absolute Gasteiger partial charge is 0.453 e. The van der Waals surface area contributed by atoms with Gasteiger partial charge in [0.2, 0.25) is 11.8 Å². The molecule has 0 spiro atoms. The maximum atomic E-state index is 15.8. The summed E-state index contributed by atoms with van der Waals surface area (Å²) < 4.78 is 25.3. The van der Waals surface area contributed by atoms with Gasteiger partial charge in [-0.05, 0) is 81.9 Å². The summed E-state index contributed by atoms with van der Waals surface area (Å²) in [7, 11) is 2.54. The average molecular weight is 775 g/mol. The molecule has 3 heterocycles. The number of amides is 4. The number of ether oxygens (including phenoxy) is 2. The SMILES string of the molecule is COC(=O)N[C@H](C(=O)N1CCC[C@H]1c1ncc(C2=CC=C(C3CC=C(c4cnc(C5CCCCC5C(=O)N(NC(=O)OC)C(C)C)[nH]4)C=C3F)CC2)[nH]1)C(C)C. The number of alkyl carbamates (subject to hydrolysis) is 1. The van der Waals surface area contributed by atoms with E-state index in [2.05, 4.69) is 30.7 Å². The number of nitrogens with one attached hydrogen (secondary N) is 4. The van der Waals surface area contributed by atoms with Gasteiger partial charge < -0.3 is 29.7 Å². The lowest BCUT2D eigenvalue weighted by molar-refractivity contribution is -0.142. The molecule has 2 fully saturated rings. The number of H-pyrrole nitrogens is 2. The van der Waals surface area contributed by atoms with Crippen LogP contribution in [0.3, 0.4) is 0 Å². The quantitative estimate of drug-likeness (QED) is 0.186. The number of carbonyl (C=O) groups is 4. The van der Waals surface area contributed by atoms with Gasteiger partial charge in [-0.3, -0.25) is 9.59 Å². The second-order valence-corrected chi connectivity index (χ2v) is 15.7. The summed E-state index contributed by atoms with van der Waals surface area (Å²) in [5.41, 5.74) is 6.95. The van der Waals surface area contributed by atoms with Gasteiger partial charge in [-0.15, -0.1) is 0 Å². The molecule has 14 nitrogen and oxygen atoms in total. The monoisotopic (exact) mass is 774 g/mol. The van der Waals surface area contributed by atoms with Gasteiger partial charge in [-0.25, -0.2) is 34.4 Å². The van der Waals surface area contributed by atoms with Gasteiger partial charge in [0, 0.05) is 30.3 Å². The number of imidazole rings is 2. The summed E-state index contributed by atoms with van der Waals surface area (Å²) in [6, 6.07) is -1.19. The molecule has 4 aliphatic rings. The predicted molar refractivity (Wildman–Crippen MR) is 208 cm³/mol. The Morgan fingerprint density at radius 3 is 2.30 bits per heavy atom. The number of carbonyl (C=O) groups excluding carboxylic acids is 4. The number of likely N-dealkylation sites (tertiary alicyclic amines) is 1. The normalized spacial score (nSPS) is 23.1. The molecule has 4 N–H and O–H groups in total. The van der Waals surface area contributed by atoms with Gasteiger partial charge in [0.05, 0.1) is 44.0 Å². The van der Waals surface area contributed by atoms with Gasteiger partial charge in [0.25, 0.3) is 0 Å². The number of hydrogen-bond donors (Lipinski definition) is 4. The van der Waals surface area contributed by atoms with Crippen LogP contribution in [0.1, 0.15) is 120 Å². The Labute approximate surface area is 327 Å². The minimum absolute atomic E-state index is 0.118. The van der Waals surface area contributed by atoms with E-state index < -0.39 is 18.2 Å². The van der Waals surface area contributed by atoms with E-state index in [9.17, 15) is 19.2 Å². The van der Waals surface area contributed by atoms with Crippen molar-refractivity contribution in [3.05, 3.63) is 71.1 Å². The maximum Gasteiger partial charge on any atom is 0.425 e. The highest BCUT2D eigenvalue weighted by molar-refractivity contribution is 5.86. The van der Waals surface area contributed by atoms with Gasteiger partial charge in [0.1, 0.15) is 23.5 Å². The minimum Gasteiger partial charge on any atom is -0.453 e. The van der Waals surface area contributed by atoms with E-state index in [4.69, 9.17) is 9.47 Å². The number of rotatable bonds is 10. The molecule has 302 valence electrons. The molecule has 0 bridgehead atoms. The zero-order chi connectivity index (χ0) is 40.1. The lowest BCUT2D eigenvalue weighted by atomic mass is 9.78. The molecule has 1 aliphatic heterocycles. The van der Waals surface area contributed by atoms with Crippen molar-refractivity contribution in [1.82, 2.24) is 40.6 Å². The number of aromatic nitrogens is 4. The average Bonchev–Trinajstić information content (AvgIpc) is 4.00. The molecule has 0 radical (unpaired) electrons. The van der Waals surface area contributed by atoms with Crippen LogP contribution in [0.15, 0.2) is 48.1 Å². The van der Waals surface area contributed by atoms with E-state index >= 15 is 4.39 Å². The van der Waals surface area contributed by atoms with Gasteiger partial charge in [-0.1, -0.05) is 50.5 Å². The Kier molecular flexibility index (Phi) is 12.8. The highest BCUT2D eigenvalue weighted by Crippen LogP contribution is 2.41. The van der Waals surface area contributed by atoms with Gasteiger partial charge in [0.15, 0.2) is 0 Å². The first-order valence-corrected chi connectivity index (χ1v) is 19.8. The number of methoxy groups -OCH3 is 2. The number of hydrogen-bond acceptors (Lipinski definition) is 8.